The van der Waals surface area contributed by atoms with Gasteiger partial charge in [0.25, 0.3) is 11.8 Å². The number of hydrogen-bond donors (Lipinski definition) is 1. The van der Waals surface area contributed by atoms with Gasteiger partial charge in [-0.25, -0.2) is 4.39 Å². The Bertz CT molecular complexity index is 1320. The van der Waals surface area contributed by atoms with E-state index < -0.39 is 17.6 Å². The van der Waals surface area contributed by atoms with Gasteiger partial charge in [0.1, 0.15) is 11.4 Å². The van der Waals surface area contributed by atoms with Crippen LogP contribution < -0.4 is 10.2 Å². The largest absolute Gasteiger partial charge is 0.316 e. The molecule has 1 saturated heterocycles. The molecular weight excluding hydrogens is 472 g/mol. The molecule has 0 bridgehead atoms. The van der Waals surface area contributed by atoms with Gasteiger partial charge in [-0.1, -0.05) is 23.2 Å². The number of nitrogens with one attached hydrogen (secondary N) is 1. The standard InChI is InChI=1S/C23H16Cl2FN3O2S/c1-12-9-14(13(2)28(12)20-8-3-15(24)11-19(20)25)10-18-21(30)27-23(32)29(22(18)31)17-6-4-16(26)5-7-17/h3-11H,1-2H3,(H,27,30,32)/b18-10-. The van der Waals surface area contributed by atoms with Crippen LogP contribution in [0.2, 0.25) is 10.0 Å². The van der Waals surface area contributed by atoms with Crippen LogP contribution in [-0.4, -0.2) is 21.5 Å². The van der Waals surface area contributed by atoms with Crippen molar-refractivity contribution in [3.8, 4) is 5.69 Å². The molecule has 0 saturated carbocycles. The second-order valence-corrected chi connectivity index (χ2v) is 8.42. The highest BCUT2D eigenvalue weighted by molar-refractivity contribution is 7.80. The number of benzene rings is 2. The number of aromatic nitrogens is 1. The van der Waals surface area contributed by atoms with Gasteiger partial charge >= 0.3 is 0 Å². The summed E-state index contributed by atoms with van der Waals surface area (Å²) in [6, 6.07) is 12.3. The van der Waals surface area contributed by atoms with Gasteiger partial charge in [-0.3, -0.25) is 19.8 Å². The van der Waals surface area contributed by atoms with Crippen molar-refractivity contribution in [3.05, 3.63) is 86.9 Å². The zero-order valence-corrected chi connectivity index (χ0v) is 19.3. The second-order valence-electron chi connectivity index (χ2n) is 7.19. The number of amides is 2. The fourth-order valence-electron chi connectivity index (χ4n) is 3.60. The lowest BCUT2D eigenvalue weighted by Gasteiger charge is -2.28. The lowest BCUT2D eigenvalue weighted by atomic mass is 10.1. The third-order valence-corrected chi connectivity index (χ3v) is 5.93. The first kappa shape index (κ1) is 22.2. The summed E-state index contributed by atoms with van der Waals surface area (Å²) in [5, 5.41) is 3.45. The van der Waals surface area contributed by atoms with Crippen molar-refractivity contribution in [1.29, 1.82) is 0 Å². The predicted molar refractivity (Wildman–Crippen MR) is 128 cm³/mol. The Hall–Kier alpha value is -3.00. The maximum absolute atomic E-state index is 13.3. The summed E-state index contributed by atoms with van der Waals surface area (Å²) in [5.74, 6) is -1.65. The maximum Gasteiger partial charge on any atom is 0.270 e. The Morgan fingerprint density at radius 1 is 1.03 bits per heavy atom. The van der Waals surface area contributed by atoms with E-state index in [2.05, 4.69) is 5.32 Å². The SMILES string of the molecule is Cc1cc(/C=C2/C(=O)NC(=S)N(c3ccc(F)cc3)C2=O)c(C)n1-c1ccc(Cl)cc1Cl. The fourth-order valence-corrected chi connectivity index (χ4v) is 4.38. The van der Waals surface area contributed by atoms with E-state index in [0.29, 0.717) is 21.3 Å². The summed E-state index contributed by atoms with van der Waals surface area (Å²) in [4.78, 5) is 26.9. The van der Waals surface area contributed by atoms with Crippen LogP contribution in [0, 0.1) is 19.7 Å². The van der Waals surface area contributed by atoms with E-state index in [1.54, 1.807) is 18.2 Å². The summed E-state index contributed by atoms with van der Waals surface area (Å²) in [5.41, 5.74) is 3.29. The Labute approximate surface area is 199 Å². The van der Waals surface area contributed by atoms with Crippen LogP contribution in [0.1, 0.15) is 17.0 Å². The average Bonchev–Trinajstić information content (AvgIpc) is 3.00. The van der Waals surface area contributed by atoms with E-state index in [4.69, 9.17) is 35.4 Å². The summed E-state index contributed by atoms with van der Waals surface area (Å²) < 4.78 is 15.2. The van der Waals surface area contributed by atoms with Gasteiger partial charge in [0, 0.05) is 16.4 Å². The fraction of sp³-hybridized carbons (Fsp3) is 0.0870. The summed E-state index contributed by atoms with van der Waals surface area (Å²) in [6.45, 7) is 3.75. The highest BCUT2D eigenvalue weighted by Gasteiger charge is 2.34. The smallest absolute Gasteiger partial charge is 0.270 e. The third-order valence-electron chi connectivity index (χ3n) is 5.11. The molecule has 162 valence electrons. The van der Waals surface area contributed by atoms with Gasteiger partial charge in [0.15, 0.2) is 5.11 Å². The van der Waals surface area contributed by atoms with Crippen molar-refractivity contribution in [3.63, 3.8) is 0 Å². The lowest BCUT2D eigenvalue weighted by Crippen LogP contribution is -2.54. The maximum atomic E-state index is 13.3. The molecule has 1 fully saturated rings. The Morgan fingerprint density at radius 2 is 1.72 bits per heavy atom. The summed E-state index contributed by atoms with van der Waals surface area (Å²) >= 11 is 17.6. The zero-order chi connectivity index (χ0) is 23.2. The molecule has 0 atom stereocenters. The molecule has 5 nitrogen and oxygen atoms in total. The van der Waals surface area contributed by atoms with Crippen LogP contribution in [0.4, 0.5) is 10.1 Å². The number of hydrogen-bond acceptors (Lipinski definition) is 3. The minimum Gasteiger partial charge on any atom is -0.316 e. The molecule has 32 heavy (non-hydrogen) atoms. The van der Waals surface area contributed by atoms with Crippen LogP contribution in [0.25, 0.3) is 11.8 Å². The van der Waals surface area contributed by atoms with Crippen LogP contribution >= 0.6 is 35.4 Å². The molecule has 0 radical (unpaired) electrons. The Morgan fingerprint density at radius 3 is 2.38 bits per heavy atom. The number of carbonyl (C=O) groups is 2. The van der Waals surface area contributed by atoms with Crippen molar-refractivity contribution >= 4 is 64.1 Å². The summed E-state index contributed by atoms with van der Waals surface area (Å²) in [7, 11) is 0. The number of anilines is 1. The first-order valence-electron chi connectivity index (χ1n) is 9.49. The van der Waals surface area contributed by atoms with Gasteiger partial charge in [-0.05, 0) is 86.2 Å². The number of aryl methyl sites for hydroxylation is 1. The van der Waals surface area contributed by atoms with Crippen LogP contribution in [-0.2, 0) is 9.59 Å². The topological polar surface area (TPSA) is 54.3 Å². The molecule has 2 amide bonds. The first-order valence-corrected chi connectivity index (χ1v) is 10.6. The van der Waals surface area contributed by atoms with Gasteiger partial charge in [0.05, 0.1) is 16.4 Å². The van der Waals surface area contributed by atoms with E-state index >= 15 is 0 Å². The molecule has 3 aromatic rings. The van der Waals surface area contributed by atoms with Crippen LogP contribution in [0.5, 0.6) is 0 Å². The minimum absolute atomic E-state index is 0.0674. The second kappa shape index (κ2) is 8.50. The van der Waals surface area contributed by atoms with Crippen molar-refractivity contribution in [2.75, 3.05) is 4.90 Å². The van der Waals surface area contributed by atoms with Gasteiger partial charge in [-0.15, -0.1) is 0 Å². The highest BCUT2D eigenvalue weighted by Crippen LogP contribution is 2.30. The molecule has 9 heteroatoms. The number of rotatable bonds is 3. The van der Waals surface area contributed by atoms with Crippen LogP contribution in [0.15, 0.2) is 54.1 Å². The molecule has 2 heterocycles. The predicted octanol–water partition coefficient (Wildman–Crippen LogP) is 5.37. The first-order chi connectivity index (χ1) is 15.2. The summed E-state index contributed by atoms with van der Waals surface area (Å²) in [6.07, 6.45) is 1.51. The monoisotopic (exact) mass is 487 g/mol. The Balaban J connectivity index is 1.77. The molecule has 1 aliphatic rings. The number of thiocarbonyl (C=S) groups is 1. The number of halogens is 3. The van der Waals surface area contributed by atoms with Gasteiger partial charge in [-0.2, -0.15) is 0 Å². The van der Waals surface area contributed by atoms with E-state index in [0.717, 1.165) is 22.0 Å². The van der Waals surface area contributed by atoms with Crippen molar-refractivity contribution in [2.24, 2.45) is 0 Å². The molecule has 4 rings (SSSR count). The normalized spacial score (nSPS) is 15.5. The average molecular weight is 488 g/mol. The van der Waals surface area contributed by atoms with E-state index in [1.807, 2.05) is 24.5 Å². The molecule has 1 aliphatic heterocycles. The number of carbonyl (C=O) groups excluding carboxylic acids is 2. The van der Waals surface area contributed by atoms with E-state index in [9.17, 15) is 14.0 Å². The third kappa shape index (κ3) is 3.95. The molecule has 1 aromatic heterocycles. The molecule has 0 unspecified atom stereocenters. The quantitative estimate of drug-likeness (QED) is 0.307. The van der Waals surface area contributed by atoms with E-state index in [1.165, 1.54) is 30.3 Å². The number of nitrogens with zero attached hydrogens (tertiary/aromatic N) is 2. The Kier molecular flexibility index (Phi) is 5.90. The lowest BCUT2D eigenvalue weighted by molar-refractivity contribution is -0.122. The molecule has 2 aromatic carbocycles. The van der Waals surface area contributed by atoms with E-state index in [-0.39, 0.29) is 10.7 Å². The van der Waals surface area contributed by atoms with Crippen molar-refractivity contribution in [1.82, 2.24) is 9.88 Å². The highest BCUT2D eigenvalue weighted by atomic mass is 35.5. The minimum atomic E-state index is -0.604. The van der Waals surface area contributed by atoms with Crippen molar-refractivity contribution in [2.45, 2.75) is 13.8 Å². The molecular formula is C23H16Cl2FN3O2S. The van der Waals surface area contributed by atoms with Crippen molar-refractivity contribution < 1.29 is 14.0 Å². The zero-order valence-electron chi connectivity index (χ0n) is 16.9. The molecule has 0 aliphatic carbocycles. The van der Waals surface area contributed by atoms with Gasteiger partial charge < -0.3 is 4.57 Å². The van der Waals surface area contributed by atoms with Crippen LogP contribution in [0.3, 0.4) is 0 Å². The molecule has 0 spiro atoms. The molecule has 1 N–H and O–H groups in total. The van der Waals surface area contributed by atoms with Gasteiger partial charge in [0.2, 0.25) is 0 Å².